The van der Waals surface area contributed by atoms with E-state index < -0.39 is 0 Å². The minimum atomic E-state index is 1.21. The van der Waals surface area contributed by atoms with Gasteiger partial charge in [-0.25, -0.2) is 0 Å². The molecule has 0 radical (unpaired) electrons. The van der Waals surface area contributed by atoms with Gasteiger partial charge in [0, 0.05) is 11.9 Å². The molecule has 0 aromatic carbocycles. The van der Waals surface area contributed by atoms with E-state index >= 15 is 0 Å². The van der Waals surface area contributed by atoms with Gasteiger partial charge in [0.05, 0.1) is 0 Å². The highest BCUT2D eigenvalue weighted by atomic mass is 14.7. The lowest BCUT2D eigenvalue weighted by Crippen LogP contribution is -1.85. The number of hydrogen-bond donors (Lipinski definition) is 1. The van der Waals surface area contributed by atoms with Crippen LogP contribution in [0.4, 0.5) is 0 Å². The molecule has 0 amide bonds. The van der Waals surface area contributed by atoms with Crippen molar-refractivity contribution in [2.45, 2.75) is 33.6 Å². The second-order valence-corrected chi connectivity index (χ2v) is 2.83. The van der Waals surface area contributed by atoms with Gasteiger partial charge in [-0.15, -0.1) is 0 Å². The zero-order chi connectivity index (χ0) is 7.56. The van der Waals surface area contributed by atoms with Crippen molar-refractivity contribution in [3.05, 3.63) is 23.0 Å². The number of aryl methyl sites for hydroxylation is 2. The lowest BCUT2D eigenvalue weighted by Gasteiger charge is -1.97. The summed E-state index contributed by atoms with van der Waals surface area (Å²) in [5.41, 5.74) is 4.24. The van der Waals surface area contributed by atoms with Gasteiger partial charge in [-0.2, -0.15) is 0 Å². The van der Waals surface area contributed by atoms with E-state index in [1.165, 1.54) is 29.7 Å². The van der Waals surface area contributed by atoms with Crippen molar-refractivity contribution in [1.82, 2.24) is 4.98 Å². The lowest BCUT2D eigenvalue weighted by molar-refractivity contribution is 0.906. The Hall–Kier alpha value is -0.720. The van der Waals surface area contributed by atoms with Crippen molar-refractivity contribution in [2.75, 3.05) is 0 Å². The smallest absolute Gasteiger partial charge is 0.0150 e. The highest BCUT2D eigenvalue weighted by molar-refractivity contribution is 5.28. The number of H-pyrrole nitrogens is 1. The van der Waals surface area contributed by atoms with Crippen molar-refractivity contribution in [3.8, 4) is 0 Å². The predicted molar refractivity (Wildman–Crippen MR) is 44.3 cm³/mol. The molecule has 1 aromatic rings. The molecule has 10 heavy (non-hydrogen) atoms. The second-order valence-electron chi connectivity index (χ2n) is 2.83. The van der Waals surface area contributed by atoms with Crippen molar-refractivity contribution in [2.24, 2.45) is 0 Å². The molecule has 1 aromatic heterocycles. The van der Waals surface area contributed by atoms with E-state index in [4.69, 9.17) is 0 Å². The fraction of sp³-hybridized carbons (Fsp3) is 0.556. The summed E-state index contributed by atoms with van der Waals surface area (Å²) in [6.45, 7) is 6.51. The number of aromatic nitrogens is 1. The summed E-state index contributed by atoms with van der Waals surface area (Å²) < 4.78 is 0. The summed E-state index contributed by atoms with van der Waals surface area (Å²) in [5, 5.41) is 0. The standard InChI is InChI=1S/C9H15N/c1-4-5-9-7(2)6-10-8(9)3/h6,10H,4-5H2,1-3H3. The maximum Gasteiger partial charge on any atom is 0.0150 e. The first-order valence-corrected chi connectivity index (χ1v) is 3.89. The van der Waals surface area contributed by atoms with Crippen molar-refractivity contribution >= 4 is 0 Å². The Morgan fingerprint density at radius 2 is 2.10 bits per heavy atom. The monoisotopic (exact) mass is 137 g/mol. The Kier molecular flexibility index (Phi) is 2.15. The van der Waals surface area contributed by atoms with Crippen LogP contribution < -0.4 is 0 Å². The van der Waals surface area contributed by atoms with Crippen molar-refractivity contribution in [1.29, 1.82) is 0 Å². The van der Waals surface area contributed by atoms with Crippen LogP contribution in [0.5, 0.6) is 0 Å². The molecule has 0 fully saturated rings. The van der Waals surface area contributed by atoms with E-state index in [1.807, 2.05) is 0 Å². The van der Waals surface area contributed by atoms with Gasteiger partial charge in [0.2, 0.25) is 0 Å². The van der Waals surface area contributed by atoms with Crippen LogP contribution in [-0.4, -0.2) is 4.98 Å². The molecule has 0 aliphatic carbocycles. The zero-order valence-electron chi connectivity index (χ0n) is 6.99. The van der Waals surface area contributed by atoms with Gasteiger partial charge in [0.1, 0.15) is 0 Å². The topological polar surface area (TPSA) is 15.8 Å². The number of hydrogen-bond acceptors (Lipinski definition) is 0. The summed E-state index contributed by atoms with van der Waals surface area (Å²) in [6, 6.07) is 0. The van der Waals surface area contributed by atoms with Gasteiger partial charge in [-0.3, -0.25) is 0 Å². The molecule has 0 saturated heterocycles. The fourth-order valence-electron chi connectivity index (χ4n) is 1.32. The summed E-state index contributed by atoms with van der Waals surface area (Å²) in [7, 11) is 0. The van der Waals surface area contributed by atoms with E-state index in [9.17, 15) is 0 Å². The van der Waals surface area contributed by atoms with Crippen LogP contribution >= 0.6 is 0 Å². The minimum absolute atomic E-state index is 1.21. The molecule has 1 heterocycles. The second kappa shape index (κ2) is 2.91. The van der Waals surface area contributed by atoms with Gasteiger partial charge >= 0.3 is 0 Å². The molecule has 0 aliphatic rings. The molecule has 0 spiro atoms. The Morgan fingerprint density at radius 3 is 2.50 bits per heavy atom. The average molecular weight is 137 g/mol. The Labute approximate surface area is 62.5 Å². The molecular formula is C9H15N. The van der Waals surface area contributed by atoms with E-state index in [0.29, 0.717) is 0 Å². The molecule has 0 aliphatic heterocycles. The molecule has 1 nitrogen and oxygen atoms in total. The molecule has 0 bridgehead atoms. The average Bonchev–Trinajstić information content (AvgIpc) is 2.20. The third-order valence-electron chi connectivity index (χ3n) is 1.93. The van der Waals surface area contributed by atoms with E-state index in [-0.39, 0.29) is 0 Å². The van der Waals surface area contributed by atoms with Crippen LogP contribution in [0.25, 0.3) is 0 Å². The van der Waals surface area contributed by atoms with Gasteiger partial charge in [0.25, 0.3) is 0 Å². The van der Waals surface area contributed by atoms with Gasteiger partial charge < -0.3 is 4.98 Å². The molecule has 1 N–H and O–H groups in total. The van der Waals surface area contributed by atoms with Crippen molar-refractivity contribution in [3.63, 3.8) is 0 Å². The SMILES string of the molecule is CCCc1c(C)c[nH]c1C. The maximum atomic E-state index is 3.22. The Morgan fingerprint density at radius 1 is 1.40 bits per heavy atom. The largest absolute Gasteiger partial charge is 0.365 e. The highest BCUT2D eigenvalue weighted by Crippen LogP contribution is 2.13. The van der Waals surface area contributed by atoms with Crippen LogP contribution in [0, 0.1) is 13.8 Å². The van der Waals surface area contributed by atoms with Crippen LogP contribution in [0.1, 0.15) is 30.2 Å². The predicted octanol–water partition coefficient (Wildman–Crippen LogP) is 2.58. The molecule has 0 saturated carbocycles. The molecule has 0 unspecified atom stereocenters. The molecule has 56 valence electrons. The van der Waals surface area contributed by atoms with Crippen LogP contribution in [0.3, 0.4) is 0 Å². The molecule has 0 atom stereocenters. The maximum absolute atomic E-state index is 3.22. The zero-order valence-corrected chi connectivity index (χ0v) is 6.99. The van der Waals surface area contributed by atoms with Crippen LogP contribution in [0.2, 0.25) is 0 Å². The quantitative estimate of drug-likeness (QED) is 0.645. The summed E-state index contributed by atoms with van der Waals surface area (Å²) in [5.74, 6) is 0. The Bertz CT molecular complexity index is 191. The Balaban J connectivity index is 2.87. The van der Waals surface area contributed by atoms with Gasteiger partial charge in [0.15, 0.2) is 0 Å². The van der Waals surface area contributed by atoms with Crippen LogP contribution in [-0.2, 0) is 6.42 Å². The van der Waals surface area contributed by atoms with Crippen molar-refractivity contribution < 1.29 is 0 Å². The first-order chi connectivity index (χ1) is 4.75. The number of rotatable bonds is 2. The van der Waals surface area contributed by atoms with E-state index in [2.05, 4.69) is 32.0 Å². The fourth-order valence-corrected chi connectivity index (χ4v) is 1.32. The normalized spacial score (nSPS) is 10.3. The number of nitrogens with one attached hydrogen (secondary N) is 1. The summed E-state index contributed by atoms with van der Waals surface area (Å²) in [6.07, 6.45) is 4.53. The van der Waals surface area contributed by atoms with E-state index in [1.54, 1.807) is 0 Å². The molecule has 1 rings (SSSR count). The molecule has 1 heteroatoms. The first-order valence-electron chi connectivity index (χ1n) is 3.89. The van der Waals surface area contributed by atoms with Crippen LogP contribution in [0.15, 0.2) is 6.20 Å². The summed E-state index contributed by atoms with van der Waals surface area (Å²) in [4.78, 5) is 3.22. The first kappa shape index (κ1) is 7.39. The lowest BCUT2D eigenvalue weighted by atomic mass is 10.1. The van der Waals surface area contributed by atoms with E-state index in [0.717, 1.165) is 0 Å². The van der Waals surface area contributed by atoms with Gasteiger partial charge in [-0.1, -0.05) is 13.3 Å². The highest BCUT2D eigenvalue weighted by Gasteiger charge is 2.01. The molecular weight excluding hydrogens is 122 g/mol. The third kappa shape index (κ3) is 1.23. The summed E-state index contributed by atoms with van der Waals surface area (Å²) >= 11 is 0. The van der Waals surface area contributed by atoms with Gasteiger partial charge in [-0.05, 0) is 31.4 Å². The third-order valence-corrected chi connectivity index (χ3v) is 1.93. The minimum Gasteiger partial charge on any atom is -0.365 e. The number of aromatic amines is 1.